The van der Waals surface area contributed by atoms with Crippen LogP contribution in [0.4, 0.5) is 4.79 Å². The Bertz CT molecular complexity index is 207. The van der Waals surface area contributed by atoms with Crippen LogP contribution < -0.4 is 11.1 Å². The monoisotopic (exact) mass is 215 g/mol. The van der Waals surface area contributed by atoms with Crippen LogP contribution in [-0.2, 0) is 4.79 Å². The van der Waals surface area contributed by atoms with Crippen molar-refractivity contribution in [1.82, 2.24) is 10.2 Å². The average molecular weight is 215 g/mol. The van der Waals surface area contributed by atoms with Crippen LogP contribution in [0.1, 0.15) is 33.1 Å². The van der Waals surface area contributed by atoms with Gasteiger partial charge in [-0.1, -0.05) is 20.3 Å². The van der Waals surface area contributed by atoms with Crippen LogP contribution in [0.15, 0.2) is 0 Å². The number of urea groups is 1. The van der Waals surface area contributed by atoms with Gasteiger partial charge in [0.25, 0.3) is 0 Å². The molecule has 0 aromatic rings. The van der Waals surface area contributed by atoms with Crippen molar-refractivity contribution in [3.05, 3.63) is 0 Å². The lowest BCUT2D eigenvalue weighted by molar-refractivity contribution is -0.118. The molecular formula is C10H21N3O2. The number of hydrogen-bond donors (Lipinski definition) is 2. The van der Waals surface area contributed by atoms with Crippen molar-refractivity contribution in [3.8, 4) is 0 Å². The van der Waals surface area contributed by atoms with Gasteiger partial charge >= 0.3 is 6.03 Å². The van der Waals surface area contributed by atoms with E-state index in [4.69, 9.17) is 5.73 Å². The fraction of sp³-hybridized carbons (Fsp3) is 0.800. The second-order valence-electron chi connectivity index (χ2n) is 3.47. The topological polar surface area (TPSA) is 75.4 Å². The molecule has 0 heterocycles. The number of primary amides is 1. The summed E-state index contributed by atoms with van der Waals surface area (Å²) in [5.74, 6) is -0.474. The number of nitrogens with one attached hydrogen (secondary N) is 1. The molecule has 0 aliphatic heterocycles. The van der Waals surface area contributed by atoms with Gasteiger partial charge in [0.05, 0.1) is 0 Å². The van der Waals surface area contributed by atoms with E-state index < -0.39 is 5.91 Å². The molecule has 0 unspecified atom stereocenters. The van der Waals surface area contributed by atoms with Gasteiger partial charge in [-0.15, -0.1) is 0 Å². The fourth-order valence-electron chi connectivity index (χ4n) is 1.13. The van der Waals surface area contributed by atoms with Gasteiger partial charge in [0.1, 0.15) is 6.54 Å². The molecule has 0 rings (SSSR count). The maximum atomic E-state index is 11.6. The zero-order chi connectivity index (χ0) is 11.7. The lowest BCUT2D eigenvalue weighted by Crippen LogP contribution is -2.45. The zero-order valence-corrected chi connectivity index (χ0v) is 9.58. The molecule has 0 radical (unpaired) electrons. The predicted octanol–water partition coefficient (Wildman–Crippen LogP) is 0.693. The number of nitrogens with zero attached hydrogens (tertiary/aromatic N) is 1. The van der Waals surface area contributed by atoms with Crippen LogP contribution in [0.3, 0.4) is 0 Å². The highest BCUT2D eigenvalue weighted by molar-refractivity contribution is 5.82. The van der Waals surface area contributed by atoms with E-state index in [0.717, 1.165) is 19.3 Å². The molecule has 0 aliphatic carbocycles. The van der Waals surface area contributed by atoms with Crippen LogP contribution in [0.2, 0.25) is 0 Å². The van der Waals surface area contributed by atoms with Gasteiger partial charge in [0.2, 0.25) is 5.91 Å². The third-order valence-electron chi connectivity index (χ3n) is 1.94. The largest absolute Gasteiger partial charge is 0.368 e. The molecule has 15 heavy (non-hydrogen) atoms. The van der Waals surface area contributed by atoms with Gasteiger partial charge in [-0.25, -0.2) is 4.79 Å². The molecule has 0 aromatic carbocycles. The smallest absolute Gasteiger partial charge is 0.317 e. The number of hydrogen-bond acceptors (Lipinski definition) is 2. The van der Waals surface area contributed by atoms with E-state index >= 15 is 0 Å². The number of nitrogens with two attached hydrogens (primary N) is 1. The molecule has 88 valence electrons. The molecule has 0 atom stereocenters. The van der Waals surface area contributed by atoms with E-state index in [-0.39, 0.29) is 12.6 Å². The van der Waals surface area contributed by atoms with Crippen LogP contribution in [-0.4, -0.2) is 36.5 Å². The molecular weight excluding hydrogens is 194 g/mol. The van der Waals surface area contributed by atoms with Crippen molar-refractivity contribution in [3.63, 3.8) is 0 Å². The molecule has 3 amide bonds. The number of amides is 3. The molecule has 0 fully saturated rings. The Hall–Kier alpha value is -1.26. The van der Waals surface area contributed by atoms with E-state index in [9.17, 15) is 9.59 Å². The zero-order valence-electron chi connectivity index (χ0n) is 9.58. The average Bonchev–Trinajstić information content (AvgIpc) is 2.20. The fourth-order valence-corrected chi connectivity index (χ4v) is 1.13. The Morgan fingerprint density at radius 1 is 1.27 bits per heavy atom. The number of unbranched alkanes of at least 4 members (excludes halogenated alkanes) is 1. The first kappa shape index (κ1) is 13.7. The Labute approximate surface area is 91.0 Å². The molecule has 5 nitrogen and oxygen atoms in total. The Kier molecular flexibility index (Phi) is 7.40. The molecule has 0 aliphatic rings. The van der Waals surface area contributed by atoms with Crippen LogP contribution in [0, 0.1) is 0 Å². The van der Waals surface area contributed by atoms with E-state index in [1.807, 2.05) is 13.8 Å². The van der Waals surface area contributed by atoms with Crippen LogP contribution >= 0.6 is 0 Å². The van der Waals surface area contributed by atoms with Gasteiger partial charge in [-0.2, -0.15) is 0 Å². The standard InChI is InChI=1S/C10H21N3O2/c1-3-5-7-13(8-9(11)14)10(15)12-6-4-2/h3-8H2,1-2H3,(H2,11,14)(H,12,15). The predicted molar refractivity (Wildman–Crippen MR) is 59.4 cm³/mol. The molecule has 3 N–H and O–H groups in total. The van der Waals surface area contributed by atoms with Crippen molar-refractivity contribution >= 4 is 11.9 Å². The third-order valence-corrected chi connectivity index (χ3v) is 1.94. The highest BCUT2D eigenvalue weighted by Crippen LogP contribution is 1.95. The first-order chi connectivity index (χ1) is 7.11. The van der Waals surface area contributed by atoms with Crippen molar-refractivity contribution in [2.75, 3.05) is 19.6 Å². The minimum absolute atomic E-state index is 0.00442. The van der Waals surface area contributed by atoms with Gasteiger partial charge < -0.3 is 16.0 Å². The van der Waals surface area contributed by atoms with Gasteiger partial charge in [0.15, 0.2) is 0 Å². The minimum atomic E-state index is -0.474. The van der Waals surface area contributed by atoms with Gasteiger partial charge in [0, 0.05) is 13.1 Å². The summed E-state index contributed by atoms with van der Waals surface area (Å²) in [4.78, 5) is 23.8. The second kappa shape index (κ2) is 8.08. The van der Waals surface area contributed by atoms with E-state index in [1.165, 1.54) is 4.90 Å². The lowest BCUT2D eigenvalue weighted by atomic mass is 10.3. The lowest BCUT2D eigenvalue weighted by Gasteiger charge is -2.21. The molecule has 0 saturated heterocycles. The molecule has 0 aromatic heterocycles. The summed E-state index contributed by atoms with van der Waals surface area (Å²) in [5, 5.41) is 2.73. The molecule has 0 spiro atoms. The van der Waals surface area contributed by atoms with Crippen molar-refractivity contribution in [2.24, 2.45) is 5.73 Å². The summed E-state index contributed by atoms with van der Waals surface area (Å²) in [6.07, 6.45) is 2.74. The summed E-state index contributed by atoms with van der Waals surface area (Å²) in [6.45, 7) is 5.21. The summed E-state index contributed by atoms with van der Waals surface area (Å²) in [5.41, 5.74) is 5.07. The van der Waals surface area contributed by atoms with Crippen molar-refractivity contribution in [2.45, 2.75) is 33.1 Å². The summed E-state index contributed by atoms with van der Waals surface area (Å²) < 4.78 is 0. The van der Waals surface area contributed by atoms with Gasteiger partial charge in [-0.3, -0.25) is 4.79 Å². The second-order valence-corrected chi connectivity index (χ2v) is 3.47. The maximum Gasteiger partial charge on any atom is 0.317 e. The molecule has 0 saturated carbocycles. The molecule has 0 bridgehead atoms. The van der Waals surface area contributed by atoms with Crippen LogP contribution in [0.25, 0.3) is 0 Å². The number of rotatable bonds is 7. The highest BCUT2D eigenvalue weighted by atomic mass is 16.2. The van der Waals surface area contributed by atoms with E-state index in [1.54, 1.807) is 0 Å². The summed E-state index contributed by atoms with van der Waals surface area (Å²) in [6, 6.07) is -0.205. The number of carbonyl (C=O) groups excluding carboxylic acids is 2. The quantitative estimate of drug-likeness (QED) is 0.655. The minimum Gasteiger partial charge on any atom is -0.368 e. The first-order valence-electron chi connectivity index (χ1n) is 5.42. The Morgan fingerprint density at radius 2 is 1.93 bits per heavy atom. The van der Waals surface area contributed by atoms with E-state index in [0.29, 0.717) is 13.1 Å². The van der Waals surface area contributed by atoms with E-state index in [2.05, 4.69) is 5.32 Å². The maximum absolute atomic E-state index is 11.6. The summed E-state index contributed by atoms with van der Waals surface area (Å²) in [7, 11) is 0. The summed E-state index contributed by atoms with van der Waals surface area (Å²) >= 11 is 0. The Morgan fingerprint density at radius 3 is 2.40 bits per heavy atom. The van der Waals surface area contributed by atoms with Gasteiger partial charge in [-0.05, 0) is 12.8 Å². The van der Waals surface area contributed by atoms with Crippen molar-refractivity contribution in [1.29, 1.82) is 0 Å². The first-order valence-corrected chi connectivity index (χ1v) is 5.42. The highest BCUT2D eigenvalue weighted by Gasteiger charge is 2.13. The van der Waals surface area contributed by atoms with Crippen LogP contribution in [0.5, 0.6) is 0 Å². The Balaban J connectivity index is 4.07. The SMILES string of the molecule is CCCCN(CC(N)=O)C(=O)NCCC. The molecule has 5 heteroatoms. The number of carbonyl (C=O) groups is 2. The third kappa shape index (κ3) is 6.76. The van der Waals surface area contributed by atoms with Crippen molar-refractivity contribution < 1.29 is 9.59 Å². The normalized spacial score (nSPS) is 9.73.